The van der Waals surface area contributed by atoms with Gasteiger partial charge in [0.25, 0.3) is 5.91 Å². The Morgan fingerprint density at radius 2 is 1.82 bits per heavy atom. The number of amides is 1. The van der Waals surface area contributed by atoms with E-state index >= 15 is 0 Å². The molecule has 0 radical (unpaired) electrons. The number of carbonyl (C=O) groups is 1. The monoisotopic (exact) mass is 397 g/mol. The van der Waals surface area contributed by atoms with Crippen LogP contribution in [0.25, 0.3) is 10.9 Å². The number of fused-ring (bicyclic) bond motifs is 1. The van der Waals surface area contributed by atoms with E-state index in [4.69, 9.17) is 0 Å². The second kappa shape index (κ2) is 7.07. The first kappa shape index (κ1) is 18.7. The van der Waals surface area contributed by atoms with Crippen LogP contribution in [0.15, 0.2) is 59.5 Å². The predicted octanol–water partition coefficient (Wildman–Crippen LogP) is 2.83. The van der Waals surface area contributed by atoms with E-state index in [0.717, 1.165) is 29.3 Å². The number of hydrogen-bond acceptors (Lipinski definition) is 3. The van der Waals surface area contributed by atoms with Crippen molar-refractivity contribution in [2.75, 3.05) is 14.1 Å². The van der Waals surface area contributed by atoms with Crippen LogP contribution in [0, 0.1) is 0 Å². The summed E-state index contributed by atoms with van der Waals surface area (Å²) in [5.74, 6) is -0.119. The first-order valence-corrected chi connectivity index (χ1v) is 10.7. The van der Waals surface area contributed by atoms with Crippen molar-refractivity contribution < 1.29 is 13.2 Å². The highest BCUT2D eigenvalue weighted by atomic mass is 32.2. The molecule has 146 valence electrons. The normalized spacial score (nSPS) is 14.5. The molecule has 1 saturated carbocycles. The van der Waals surface area contributed by atoms with Gasteiger partial charge >= 0.3 is 0 Å². The number of nitrogens with one attached hydrogen (secondary N) is 1. The fourth-order valence-corrected chi connectivity index (χ4v) is 4.17. The van der Waals surface area contributed by atoms with Gasteiger partial charge in [-0.3, -0.25) is 4.79 Å². The maximum atomic E-state index is 12.8. The number of hydrogen-bond donors (Lipinski definition) is 1. The van der Waals surface area contributed by atoms with Crippen LogP contribution >= 0.6 is 0 Å². The minimum atomic E-state index is -3.54. The molecule has 1 aliphatic carbocycles. The van der Waals surface area contributed by atoms with Crippen molar-refractivity contribution in [2.45, 2.75) is 30.3 Å². The fourth-order valence-electron chi connectivity index (χ4n) is 3.23. The summed E-state index contributed by atoms with van der Waals surface area (Å²) < 4.78 is 28.1. The average molecular weight is 398 g/mol. The molecule has 0 bridgehead atoms. The minimum absolute atomic E-state index is 0.119. The Kier molecular flexibility index (Phi) is 4.72. The van der Waals surface area contributed by atoms with Gasteiger partial charge in [0.2, 0.25) is 10.0 Å². The molecule has 1 aliphatic rings. The topological polar surface area (TPSA) is 71.4 Å². The van der Waals surface area contributed by atoms with Gasteiger partial charge in [-0.25, -0.2) is 12.7 Å². The summed E-state index contributed by atoms with van der Waals surface area (Å²) >= 11 is 0. The Balaban J connectivity index is 1.82. The summed E-state index contributed by atoms with van der Waals surface area (Å²) in [6.45, 7) is 0.539. The quantitative estimate of drug-likeness (QED) is 0.695. The maximum absolute atomic E-state index is 12.8. The molecule has 1 N–H and O–H groups in total. The highest BCUT2D eigenvalue weighted by Gasteiger charge is 2.26. The summed E-state index contributed by atoms with van der Waals surface area (Å²) in [6, 6.07) is 17.0. The van der Waals surface area contributed by atoms with E-state index < -0.39 is 10.0 Å². The van der Waals surface area contributed by atoms with Gasteiger partial charge in [0, 0.05) is 37.6 Å². The zero-order valence-electron chi connectivity index (χ0n) is 15.9. The molecule has 0 atom stereocenters. The van der Waals surface area contributed by atoms with E-state index in [1.165, 1.54) is 18.4 Å². The molecule has 1 amide bonds. The molecule has 6 nitrogen and oxygen atoms in total. The molecule has 0 aliphatic heterocycles. The van der Waals surface area contributed by atoms with Crippen molar-refractivity contribution in [1.29, 1.82) is 0 Å². The van der Waals surface area contributed by atoms with E-state index in [2.05, 4.69) is 5.32 Å². The third-order valence-corrected chi connectivity index (χ3v) is 6.79. The van der Waals surface area contributed by atoms with Crippen molar-refractivity contribution in [3.63, 3.8) is 0 Å². The SMILES string of the molecule is CN(C)S(=O)(=O)c1ccc2c(c1)cc(C(=O)NC1CC1)n2Cc1ccccc1. The van der Waals surface area contributed by atoms with E-state index in [1.807, 2.05) is 34.9 Å². The maximum Gasteiger partial charge on any atom is 0.268 e. The summed E-state index contributed by atoms with van der Waals surface area (Å²) in [6.07, 6.45) is 2.02. The van der Waals surface area contributed by atoms with Crippen molar-refractivity contribution in [2.24, 2.45) is 0 Å². The van der Waals surface area contributed by atoms with Gasteiger partial charge in [-0.05, 0) is 42.7 Å². The lowest BCUT2D eigenvalue weighted by atomic mass is 10.2. The highest BCUT2D eigenvalue weighted by molar-refractivity contribution is 7.89. The molecule has 0 saturated heterocycles. The van der Waals surface area contributed by atoms with Crippen LogP contribution in [0.5, 0.6) is 0 Å². The molecule has 1 heterocycles. The van der Waals surface area contributed by atoms with Crippen LogP contribution in [0.3, 0.4) is 0 Å². The van der Waals surface area contributed by atoms with Gasteiger partial charge in [0.1, 0.15) is 5.69 Å². The number of carbonyl (C=O) groups excluding carboxylic acids is 1. The Morgan fingerprint density at radius 3 is 2.46 bits per heavy atom. The Morgan fingerprint density at radius 1 is 1.11 bits per heavy atom. The van der Waals surface area contributed by atoms with Crippen molar-refractivity contribution >= 4 is 26.8 Å². The minimum Gasteiger partial charge on any atom is -0.348 e. The predicted molar refractivity (Wildman–Crippen MR) is 109 cm³/mol. The molecule has 4 rings (SSSR count). The second-order valence-electron chi connectivity index (χ2n) is 7.36. The van der Waals surface area contributed by atoms with Crippen LogP contribution < -0.4 is 5.32 Å². The van der Waals surface area contributed by atoms with Crippen molar-refractivity contribution in [3.8, 4) is 0 Å². The van der Waals surface area contributed by atoms with Gasteiger partial charge in [-0.1, -0.05) is 30.3 Å². The standard InChI is InChI=1S/C21H23N3O3S/c1-23(2)28(26,27)18-10-11-19-16(12-18)13-20(21(25)22-17-8-9-17)24(19)14-15-6-4-3-5-7-15/h3-7,10-13,17H,8-9,14H2,1-2H3,(H,22,25). The zero-order chi connectivity index (χ0) is 19.9. The van der Waals surface area contributed by atoms with E-state index in [0.29, 0.717) is 12.2 Å². The lowest BCUT2D eigenvalue weighted by Gasteiger charge is -2.13. The number of rotatable bonds is 6. The molecule has 1 fully saturated rings. The number of benzene rings is 2. The van der Waals surface area contributed by atoms with Gasteiger partial charge in [0.15, 0.2) is 0 Å². The molecule has 7 heteroatoms. The zero-order valence-corrected chi connectivity index (χ0v) is 16.7. The summed E-state index contributed by atoms with van der Waals surface area (Å²) in [5, 5.41) is 3.77. The summed E-state index contributed by atoms with van der Waals surface area (Å²) in [7, 11) is -0.519. The first-order valence-electron chi connectivity index (χ1n) is 9.27. The first-order chi connectivity index (χ1) is 13.4. The number of aromatic nitrogens is 1. The van der Waals surface area contributed by atoms with E-state index in [9.17, 15) is 13.2 Å². The lowest BCUT2D eigenvalue weighted by molar-refractivity contribution is 0.0942. The summed E-state index contributed by atoms with van der Waals surface area (Å²) in [4.78, 5) is 13.0. The third kappa shape index (κ3) is 3.55. The molecule has 3 aromatic rings. The van der Waals surface area contributed by atoms with Crippen LogP contribution in [0.4, 0.5) is 0 Å². The molecule has 28 heavy (non-hydrogen) atoms. The highest BCUT2D eigenvalue weighted by Crippen LogP contribution is 2.27. The third-order valence-electron chi connectivity index (χ3n) is 4.98. The van der Waals surface area contributed by atoms with Crippen molar-refractivity contribution in [3.05, 3.63) is 65.9 Å². The van der Waals surface area contributed by atoms with E-state index in [-0.39, 0.29) is 16.8 Å². The average Bonchev–Trinajstić information content (AvgIpc) is 3.42. The Hall–Kier alpha value is -2.64. The van der Waals surface area contributed by atoms with Gasteiger partial charge in [-0.2, -0.15) is 0 Å². The van der Waals surface area contributed by atoms with Crippen molar-refractivity contribution in [1.82, 2.24) is 14.2 Å². The van der Waals surface area contributed by atoms with E-state index in [1.54, 1.807) is 24.3 Å². The van der Waals surface area contributed by atoms with Crippen LogP contribution in [0.2, 0.25) is 0 Å². The fraction of sp³-hybridized carbons (Fsp3) is 0.286. The van der Waals surface area contributed by atoms with Crippen LogP contribution in [-0.4, -0.2) is 43.3 Å². The van der Waals surface area contributed by atoms with Crippen LogP contribution in [0.1, 0.15) is 28.9 Å². The summed E-state index contributed by atoms with van der Waals surface area (Å²) in [5.41, 5.74) is 2.46. The van der Waals surface area contributed by atoms with Gasteiger partial charge in [0.05, 0.1) is 4.90 Å². The van der Waals surface area contributed by atoms with Crippen LogP contribution in [-0.2, 0) is 16.6 Å². The molecule has 1 aromatic heterocycles. The molecule has 2 aromatic carbocycles. The molecule has 0 spiro atoms. The number of sulfonamides is 1. The Bertz CT molecular complexity index is 1130. The lowest BCUT2D eigenvalue weighted by Crippen LogP contribution is -2.27. The van der Waals surface area contributed by atoms with Gasteiger partial charge in [-0.15, -0.1) is 0 Å². The largest absolute Gasteiger partial charge is 0.348 e. The van der Waals surface area contributed by atoms with Gasteiger partial charge < -0.3 is 9.88 Å². The molecular weight excluding hydrogens is 374 g/mol. The molecule has 0 unspecified atom stereocenters. The number of nitrogens with zero attached hydrogens (tertiary/aromatic N) is 2. The smallest absolute Gasteiger partial charge is 0.268 e. The second-order valence-corrected chi connectivity index (χ2v) is 9.51. The molecular formula is C21H23N3O3S. The Labute approximate surface area is 164 Å².